The van der Waals surface area contributed by atoms with E-state index in [1.807, 2.05) is 20.8 Å². The van der Waals surface area contributed by atoms with Crippen LogP contribution < -0.4 is 10.9 Å². The van der Waals surface area contributed by atoms with Crippen molar-refractivity contribution in [1.29, 1.82) is 0 Å². The summed E-state index contributed by atoms with van der Waals surface area (Å²) in [5.74, 6) is 1.20. The molecule has 2 N–H and O–H groups in total. The summed E-state index contributed by atoms with van der Waals surface area (Å²) in [5, 5.41) is 4.28. The van der Waals surface area contributed by atoms with Crippen LogP contribution in [0.3, 0.4) is 0 Å². The van der Waals surface area contributed by atoms with E-state index in [1.54, 1.807) is 18.3 Å². The number of hydrogen-bond donors (Lipinski definition) is 2. The molecule has 96 valence electrons. The third kappa shape index (κ3) is 2.76. The summed E-state index contributed by atoms with van der Waals surface area (Å²) in [5.41, 5.74) is 0.883. The molecule has 2 heterocycles. The van der Waals surface area contributed by atoms with Crippen molar-refractivity contribution in [2.24, 2.45) is 0 Å². The van der Waals surface area contributed by atoms with Gasteiger partial charge in [-0.2, -0.15) is 0 Å². The number of nitrogens with zero attached hydrogens (tertiary/aromatic N) is 2. The molecule has 2 aromatic heterocycles. The van der Waals surface area contributed by atoms with Crippen LogP contribution >= 0.6 is 11.3 Å². The number of aromatic nitrogens is 3. The maximum absolute atomic E-state index is 11.4. The molecule has 5 nitrogen and oxygen atoms in total. The molecule has 0 aliphatic carbocycles. The Morgan fingerprint density at radius 2 is 2.06 bits per heavy atom. The highest BCUT2D eigenvalue weighted by Crippen LogP contribution is 2.26. The summed E-state index contributed by atoms with van der Waals surface area (Å²) in [6.45, 7) is 7.79. The van der Waals surface area contributed by atoms with Gasteiger partial charge in [-0.1, -0.05) is 0 Å². The molecule has 1 atom stereocenters. The molecule has 18 heavy (non-hydrogen) atoms. The van der Waals surface area contributed by atoms with Gasteiger partial charge in [-0.05, 0) is 27.7 Å². The number of nitrogens with one attached hydrogen (secondary N) is 2. The fourth-order valence-corrected chi connectivity index (χ4v) is 2.82. The summed E-state index contributed by atoms with van der Waals surface area (Å²) in [4.78, 5) is 23.8. The zero-order valence-electron chi connectivity index (χ0n) is 10.9. The van der Waals surface area contributed by atoms with E-state index in [4.69, 9.17) is 0 Å². The Morgan fingerprint density at radius 3 is 2.61 bits per heavy atom. The first-order valence-corrected chi connectivity index (χ1v) is 6.56. The zero-order chi connectivity index (χ0) is 13.3. The summed E-state index contributed by atoms with van der Waals surface area (Å²) >= 11 is 1.66. The molecule has 0 radical (unpaired) electrons. The quantitative estimate of drug-likeness (QED) is 0.892. The van der Waals surface area contributed by atoms with Gasteiger partial charge in [-0.15, -0.1) is 11.3 Å². The lowest BCUT2D eigenvalue weighted by atomic mass is 10.2. The van der Waals surface area contributed by atoms with Crippen LogP contribution in [0.1, 0.15) is 34.4 Å². The van der Waals surface area contributed by atoms with Crippen LogP contribution in [0, 0.1) is 20.8 Å². The second kappa shape index (κ2) is 4.89. The van der Waals surface area contributed by atoms with Gasteiger partial charge in [-0.3, -0.25) is 4.79 Å². The van der Waals surface area contributed by atoms with Crippen molar-refractivity contribution in [2.75, 3.05) is 5.32 Å². The molecule has 0 amide bonds. The molecule has 0 aliphatic heterocycles. The van der Waals surface area contributed by atoms with Crippen LogP contribution in [-0.2, 0) is 0 Å². The second-order valence-corrected chi connectivity index (χ2v) is 5.50. The van der Waals surface area contributed by atoms with Gasteiger partial charge < -0.3 is 10.3 Å². The van der Waals surface area contributed by atoms with Crippen LogP contribution in [-0.4, -0.2) is 15.0 Å². The van der Waals surface area contributed by atoms with Crippen molar-refractivity contribution >= 4 is 17.2 Å². The van der Waals surface area contributed by atoms with Crippen molar-refractivity contribution in [3.05, 3.63) is 37.8 Å². The first-order valence-electron chi connectivity index (χ1n) is 5.74. The van der Waals surface area contributed by atoms with E-state index in [0.717, 1.165) is 10.7 Å². The third-order valence-corrected chi connectivity index (χ3v) is 3.81. The molecule has 0 bridgehead atoms. The van der Waals surface area contributed by atoms with Gasteiger partial charge in [0.25, 0.3) is 5.56 Å². The minimum absolute atomic E-state index is 0.0879. The Labute approximate surface area is 109 Å². The number of hydrogen-bond acceptors (Lipinski definition) is 5. The Balaban J connectivity index is 2.23. The zero-order valence-corrected chi connectivity index (χ0v) is 11.7. The second-order valence-electron chi connectivity index (χ2n) is 4.26. The molecule has 0 saturated carbocycles. The number of aromatic amines is 1. The number of rotatable bonds is 3. The topological polar surface area (TPSA) is 70.7 Å². The van der Waals surface area contributed by atoms with Crippen molar-refractivity contribution in [1.82, 2.24) is 15.0 Å². The van der Waals surface area contributed by atoms with Crippen molar-refractivity contribution in [3.8, 4) is 0 Å². The Bertz CT molecular complexity index is 617. The molecule has 0 fully saturated rings. The lowest BCUT2D eigenvalue weighted by Gasteiger charge is -2.13. The molecule has 2 aromatic rings. The summed E-state index contributed by atoms with van der Waals surface area (Å²) < 4.78 is 0. The van der Waals surface area contributed by atoms with Gasteiger partial charge in [0.1, 0.15) is 11.6 Å². The summed E-state index contributed by atoms with van der Waals surface area (Å²) in [7, 11) is 0. The van der Waals surface area contributed by atoms with Gasteiger partial charge in [0.2, 0.25) is 0 Å². The first kappa shape index (κ1) is 12.8. The number of aryl methyl sites for hydroxylation is 3. The lowest BCUT2D eigenvalue weighted by Crippen LogP contribution is -2.14. The monoisotopic (exact) mass is 264 g/mol. The highest BCUT2D eigenvalue weighted by molar-refractivity contribution is 7.11. The highest BCUT2D eigenvalue weighted by Gasteiger charge is 2.13. The highest BCUT2D eigenvalue weighted by atomic mass is 32.1. The maximum atomic E-state index is 11.4. The largest absolute Gasteiger partial charge is 0.362 e. The van der Waals surface area contributed by atoms with Gasteiger partial charge in [0, 0.05) is 10.9 Å². The normalized spacial score (nSPS) is 12.4. The van der Waals surface area contributed by atoms with E-state index >= 15 is 0 Å². The standard InChI is InChI=1S/C12H16N4OS/c1-6-12(18-9(4)13-6)7(2)14-10-5-11(17)16-8(3)15-10/h5,7H,1-4H3,(H2,14,15,16,17). The minimum atomic E-state index is -0.144. The van der Waals surface area contributed by atoms with Crippen LogP contribution in [0.5, 0.6) is 0 Å². The van der Waals surface area contributed by atoms with E-state index in [9.17, 15) is 4.79 Å². The van der Waals surface area contributed by atoms with Crippen LogP contribution in [0.2, 0.25) is 0 Å². The van der Waals surface area contributed by atoms with Crippen LogP contribution in [0.15, 0.2) is 10.9 Å². The molecular formula is C12H16N4OS. The van der Waals surface area contributed by atoms with E-state index in [0.29, 0.717) is 11.6 Å². The molecule has 0 aliphatic rings. The number of H-pyrrole nitrogens is 1. The number of anilines is 1. The number of thiazole rings is 1. The molecular weight excluding hydrogens is 248 g/mol. The molecule has 0 saturated heterocycles. The lowest BCUT2D eigenvalue weighted by molar-refractivity contribution is 0.869. The predicted octanol–water partition coefficient (Wildman–Crippen LogP) is 2.32. The van der Waals surface area contributed by atoms with Crippen molar-refractivity contribution < 1.29 is 0 Å². The van der Waals surface area contributed by atoms with E-state index in [2.05, 4.69) is 20.3 Å². The molecule has 2 rings (SSSR count). The summed E-state index contributed by atoms with van der Waals surface area (Å²) in [6.07, 6.45) is 0. The van der Waals surface area contributed by atoms with Crippen LogP contribution in [0.4, 0.5) is 5.82 Å². The molecule has 6 heteroatoms. The minimum Gasteiger partial charge on any atom is -0.362 e. The van der Waals surface area contributed by atoms with Gasteiger partial charge in [-0.25, -0.2) is 9.97 Å². The van der Waals surface area contributed by atoms with Crippen molar-refractivity contribution in [2.45, 2.75) is 33.7 Å². The van der Waals surface area contributed by atoms with Gasteiger partial charge in [0.05, 0.1) is 16.7 Å². The Kier molecular flexibility index (Phi) is 3.47. The molecule has 1 unspecified atom stereocenters. The Morgan fingerprint density at radius 1 is 1.33 bits per heavy atom. The van der Waals surface area contributed by atoms with E-state index < -0.39 is 0 Å². The van der Waals surface area contributed by atoms with Gasteiger partial charge >= 0.3 is 0 Å². The van der Waals surface area contributed by atoms with E-state index in [-0.39, 0.29) is 11.6 Å². The fourth-order valence-electron chi connectivity index (χ4n) is 1.89. The Hall–Kier alpha value is -1.69. The third-order valence-electron chi connectivity index (χ3n) is 2.56. The predicted molar refractivity (Wildman–Crippen MR) is 73.2 cm³/mol. The molecule has 0 spiro atoms. The SMILES string of the molecule is Cc1nc(NC(C)c2sc(C)nc2C)cc(=O)[nH]1. The summed E-state index contributed by atoms with van der Waals surface area (Å²) in [6, 6.07) is 1.55. The average Bonchev–Trinajstić information content (AvgIpc) is 2.56. The van der Waals surface area contributed by atoms with E-state index in [1.165, 1.54) is 10.9 Å². The van der Waals surface area contributed by atoms with Gasteiger partial charge in [0.15, 0.2) is 0 Å². The fraction of sp³-hybridized carbons (Fsp3) is 0.417. The maximum Gasteiger partial charge on any atom is 0.252 e. The van der Waals surface area contributed by atoms with Crippen LogP contribution in [0.25, 0.3) is 0 Å². The smallest absolute Gasteiger partial charge is 0.252 e. The average molecular weight is 264 g/mol. The van der Waals surface area contributed by atoms with Crippen molar-refractivity contribution in [3.63, 3.8) is 0 Å². The first-order chi connectivity index (χ1) is 8.45. The molecule has 0 aromatic carbocycles.